The van der Waals surface area contributed by atoms with Crippen LogP contribution in [0.1, 0.15) is 31.0 Å². The van der Waals surface area contributed by atoms with Gasteiger partial charge in [0, 0.05) is 15.1 Å². The minimum absolute atomic E-state index is 0.00743. The second-order valence-electron chi connectivity index (χ2n) is 5.09. The van der Waals surface area contributed by atoms with E-state index < -0.39 is 0 Å². The number of para-hydroxylation sites is 1. The zero-order valence-corrected chi connectivity index (χ0v) is 14.7. The molecule has 21 heavy (non-hydrogen) atoms. The first-order valence-electron chi connectivity index (χ1n) is 6.90. The van der Waals surface area contributed by atoms with Gasteiger partial charge >= 0.3 is 0 Å². The van der Waals surface area contributed by atoms with Crippen molar-refractivity contribution in [3.63, 3.8) is 0 Å². The zero-order valence-electron chi connectivity index (χ0n) is 12.4. The fraction of sp³-hybridized carbons (Fsp3) is 0.294. The molecule has 2 nitrogen and oxygen atoms in total. The van der Waals surface area contributed by atoms with Crippen LogP contribution in [-0.2, 0) is 0 Å². The average Bonchev–Trinajstić information content (AvgIpc) is 2.44. The number of ether oxygens (including phenoxy) is 1. The second kappa shape index (κ2) is 7.30. The van der Waals surface area contributed by atoms with Crippen LogP contribution < -0.4 is 10.1 Å². The first-order valence-corrected chi connectivity index (χ1v) is 8.07. The van der Waals surface area contributed by atoms with Crippen molar-refractivity contribution in [2.75, 3.05) is 7.05 Å². The van der Waals surface area contributed by atoms with E-state index in [0.29, 0.717) is 0 Å². The van der Waals surface area contributed by atoms with E-state index in [1.165, 1.54) is 0 Å². The maximum absolute atomic E-state index is 6.15. The van der Waals surface area contributed by atoms with Gasteiger partial charge in [0.05, 0.1) is 12.1 Å². The Hall–Kier alpha value is -1.03. The largest absolute Gasteiger partial charge is 0.491 e. The molecule has 0 saturated carbocycles. The van der Waals surface area contributed by atoms with Crippen LogP contribution in [0.15, 0.2) is 46.9 Å². The minimum atomic E-state index is 0.00743. The van der Waals surface area contributed by atoms with Crippen LogP contribution in [-0.4, -0.2) is 13.2 Å². The molecular weight excluding hydrogens is 350 g/mol. The van der Waals surface area contributed by atoms with Crippen LogP contribution in [0.25, 0.3) is 0 Å². The zero-order chi connectivity index (χ0) is 15.4. The van der Waals surface area contributed by atoms with Crippen molar-refractivity contribution in [1.29, 1.82) is 0 Å². The van der Waals surface area contributed by atoms with Crippen LogP contribution in [0.2, 0.25) is 5.02 Å². The first-order chi connectivity index (χ1) is 10.0. The van der Waals surface area contributed by atoms with Gasteiger partial charge in [-0.3, -0.25) is 0 Å². The molecule has 0 fully saturated rings. The average molecular weight is 369 g/mol. The normalized spacial score (nSPS) is 12.5. The summed E-state index contributed by atoms with van der Waals surface area (Å²) in [5.74, 6) is 0.888. The van der Waals surface area contributed by atoms with Gasteiger partial charge in [-0.1, -0.05) is 45.7 Å². The standard InChI is InChI=1S/C17H19BrClNO/c1-11(2)21-16-7-5-4-6-13(16)17(20-3)14-10-12(19)8-9-15(14)18/h4-11,17,20H,1-3H3. The van der Waals surface area contributed by atoms with Gasteiger partial charge in [0.15, 0.2) is 0 Å². The Kier molecular flexibility index (Phi) is 5.68. The van der Waals surface area contributed by atoms with E-state index in [0.717, 1.165) is 26.4 Å². The summed E-state index contributed by atoms with van der Waals surface area (Å²) < 4.78 is 6.95. The van der Waals surface area contributed by atoms with Crippen molar-refractivity contribution < 1.29 is 4.74 Å². The molecule has 0 aromatic heterocycles. The second-order valence-corrected chi connectivity index (χ2v) is 6.38. The maximum atomic E-state index is 6.15. The smallest absolute Gasteiger partial charge is 0.124 e. The summed E-state index contributed by atoms with van der Waals surface area (Å²) in [7, 11) is 1.93. The van der Waals surface area contributed by atoms with Crippen molar-refractivity contribution in [3.05, 3.63) is 63.1 Å². The van der Waals surface area contributed by atoms with Crippen LogP contribution in [0.4, 0.5) is 0 Å². The summed E-state index contributed by atoms with van der Waals surface area (Å²) in [5, 5.41) is 4.07. The lowest BCUT2D eigenvalue weighted by molar-refractivity contribution is 0.238. The molecule has 0 aliphatic heterocycles. The van der Waals surface area contributed by atoms with Crippen LogP contribution >= 0.6 is 27.5 Å². The quantitative estimate of drug-likeness (QED) is 0.783. The van der Waals surface area contributed by atoms with E-state index in [2.05, 4.69) is 27.3 Å². The third-order valence-corrected chi connectivity index (χ3v) is 4.11. The fourth-order valence-corrected chi connectivity index (χ4v) is 2.95. The Labute approximate surface area is 139 Å². The molecule has 0 amide bonds. The van der Waals surface area contributed by atoms with Gasteiger partial charge in [-0.05, 0) is 50.7 Å². The molecule has 2 aromatic rings. The topological polar surface area (TPSA) is 21.3 Å². The molecule has 0 aliphatic carbocycles. The van der Waals surface area contributed by atoms with Gasteiger partial charge in [0.2, 0.25) is 0 Å². The lowest BCUT2D eigenvalue weighted by atomic mass is 9.98. The van der Waals surface area contributed by atoms with Gasteiger partial charge < -0.3 is 10.1 Å². The third kappa shape index (κ3) is 4.00. The Balaban J connectivity index is 2.49. The minimum Gasteiger partial charge on any atom is -0.491 e. The van der Waals surface area contributed by atoms with Crippen molar-refractivity contribution in [2.45, 2.75) is 26.0 Å². The number of halogens is 2. The number of nitrogens with one attached hydrogen (secondary N) is 1. The van der Waals surface area contributed by atoms with Gasteiger partial charge in [-0.25, -0.2) is 0 Å². The van der Waals surface area contributed by atoms with Gasteiger partial charge in [0.25, 0.3) is 0 Å². The molecule has 1 unspecified atom stereocenters. The van der Waals surface area contributed by atoms with E-state index in [1.54, 1.807) is 0 Å². The fourth-order valence-electron chi connectivity index (χ4n) is 2.29. The van der Waals surface area contributed by atoms with E-state index in [4.69, 9.17) is 16.3 Å². The maximum Gasteiger partial charge on any atom is 0.124 e. The highest BCUT2D eigenvalue weighted by Crippen LogP contribution is 2.35. The van der Waals surface area contributed by atoms with Crippen LogP contribution in [0.5, 0.6) is 5.75 Å². The number of hydrogen-bond acceptors (Lipinski definition) is 2. The summed E-state index contributed by atoms with van der Waals surface area (Å²) in [6.45, 7) is 4.06. The molecular formula is C17H19BrClNO. The first kappa shape index (κ1) is 16.3. The lowest BCUT2D eigenvalue weighted by Gasteiger charge is -2.23. The van der Waals surface area contributed by atoms with Crippen molar-refractivity contribution in [3.8, 4) is 5.75 Å². The Morgan fingerprint density at radius 1 is 1.10 bits per heavy atom. The van der Waals surface area contributed by atoms with Crippen molar-refractivity contribution in [2.24, 2.45) is 0 Å². The highest BCUT2D eigenvalue weighted by molar-refractivity contribution is 9.10. The monoisotopic (exact) mass is 367 g/mol. The molecule has 2 aromatic carbocycles. The molecule has 2 rings (SSSR count). The van der Waals surface area contributed by atoms with Gasteiger partial charge in [-0.2, -0.15) is 0 Å². The highest BCUT2D eigenvalue weighted by atomic mass is 79.9. The SMILES string of the molecule is CNC(c1cc(Cl)ccc1Br)c1ccccc1OC(C)C. The van der Waals surface area contributed by atoms with E-state index >= 15 is 0 Å². The molecule has 0 bridgehead atoms. The summed E-state index contributed by atoms with van der Waals surface area (Å²) in [4.78, 5) is 0. The highest BCUT2D eigenvalue weighted by Gasteiger charge is 2.19. The van der Waals surface area contributed by atoms with Crippen molar-refractivity contribution in [1.82, 2.24) is 5.32 Å². The molecule has 0 saturated heterocycles. The summed E-state index contributed by atoms with van der Waals surface area (Å²) >= 11 is 9.75. The lowest BCUT2D eigenvalue weighted by Crippen LogP contribution is -2.20. The van der Waals surface area contributed by atoms with Gasteiger partial charge in [0.1, 0.15) is 5.75 Å². The van der Waals surface area contributed by atoms with E-state index in [-0.39, 0.29) is 12.1 Å². The molecule has 0 aliphatic rings. The molecule has 0 radical (unpaired) electrons. The van der Waals surface area contributed by atoms with E-state index in [9.17, 15) is 0 Å². The molecule has 0 spiro atoms. The predicted octanol–water partition coefficient (Wildman–Crippen LogP) is 5.20. The van der Waals surface area contributed by atoms with Crippen LogP contribution in [0.3, 0.4) is 0 Å². The van der Waals surface area contributed by atoms with Crippen molar-refractivity contribution >= 4 is 27.5 Å². The number of hydrogen-bond donors (Lipinski definition) is 1. The molecule has 4 heteroatoms. The third-order valence-electron chi connectivity index (χ3n) is 3.15. The Morgan fingerprint density at radius 3 is 2.48 bits per heavy atom. The Bertz CT molecular complexity index is 615. The van der Waals surface area contributed by atoms with Crippen LogP contribution in [0, 0.1) is 0 Å². The molecule has 112 valence electrons. The Morgan fingerprint density at radius 2 is 1.81 bits per heavy atom. The number of rotatable bonds is 5. The van der Waals surface area contributed by atoms with E-state index in [1.807, 2.05) is 57.3 Å². The summed E-state index contributed by atoms with van der Waals surface area (Å²) in [6, 6.07) is 13.9. The summed E-state index contributed by atoms with van der Waals surface area (Å²) in [6.07, 6.45) is 0.131. The molecule has 1 N–H and O–H groups in total. The predicted molar refractivity (Wildman–Crippen MR) is 92.3 cm³/mol. The molecule has 1 atom stereocenters. The number of benzene rings is 2. The van der Waals surface area contributed by atoms with Gasteiger partial charge in [-0.15, -0.1) is 0 Å². The molecule has 0 heterocycles. The summed E-state index contributed by atoms with van der Waals surface area (Å²) in [5.41, 5.74) is 2.18.